The number of carbonyl (C=O) groups is 1. The molecule has 60 valence electrons. The van der Waals surface area contributed by atoms with E-state index in [1.807, 2.05) is 0 Å². The van der Waals surface area contributed by atoms with E-state index >= 15 is 0 Å². The highest BCUT2D eigenvalue weighted by atomic mass is 16.1. The van der Waals surface area contributed by atoms with Crippen molar-refractivity contribution in [2.24, 2.45) is 0 Å². The maximum atomic E-state index is 9.86. The van der Waals surface area contributed by atoms with Gasteiger partial charge in [-0.05, 0) is 0 Å². The number of aldehydes is 1. The van der Waals surface area contributed by atoms with Crippen LogP contribution in [-0.2, 0) is 4.79 Å². The van der Waals surface area contributed by atoms with Gasteiger partial charge < -0.3 is 4.79 Å². The fourth-order valence-corrected chi connectivity index (χ4v) is 0.502. The molecule has 1 heteroatoms. The van der Waals surface area contributed by atoms with E-state index in [-0.39, 0.29) is 0 Å². The van der Waals surface area contributed by atoms with Gasteiger partial charge in [0.25, 0.3) is 0 Å². The van der Waals surface area contributed by atoms with Crippen molar-refractivity contribution < 1.29 is 4.79 Å². The maximum Gasteiger partial charge on any atom is 0.120 e. The number of hydrogen-bond acceptors (Lipinski definition) is 1. The lowest BCUT2D eigenvalue weighted by atomic mass is 10.3. The summed E-state index contributed by atoms with van der Waals surface area (Å²) in [6.45, 7) is 0. The molecule has 0 aliphatic carbocycles. The lowest BCUT2D eigenvalue weighted by Crippen LogP contribution is -1.70. The second kappa shape index (κ2) is 9.35. The van der Waals surface area contributed by atoms with Gasteiger partial charge in [-0.15, -0.1) is 12.3 Å². The molecule has 0 aromatic rings. The molecule has 0 unspecified atom stereocenters. The Balaban J connectivity index is 3.41. The summed E-state index contributed by atoms with van der Waals surface area (Å²) >= 11 is 0. The quantitative estimate of drug-likeness (QED) is 0.337. The summed E-state index contributed by atoms with van der Waals surface area (Å²) in [7, 11) is 0. The molecule has 1 nitrogen and oxygen atoms in total. The van der Waals surface area contributed by atoms with E-state index in [9.17, 15) is 4.79 Å². The van der Waals surface area contributed by atoms with Gasteiger partial charge in [0.05, 0.1) is 12.8 Å². The van der Waals surface area contributed by atoms with Gasteiger partial charge in [-0.25, -0.2) is 0 Å². The van der Waals surface area contributed by atoms with E-state index in [4.69, 9.17) is 6.42 Å². The van der Waals surface area contributed by atoms with Crippen molar-refractivity contribution in [2.45, 2.75) is 25.7 Å². The predicted molar refractivity (Wildman–Crippen MR) is 48.9 cm³/mol. The summed E-state index contributed by atoms with van der Waals surface area (Å²) in [4.78, 5) is 9.86. The minimum atomic E-state index is 0.482. The molecule has 0 radical (unpaired) electrons. The van der Waals surface area contributed by atoms with E-state index in [2.05, 4.69) is 29.6 Å². The molecule has 0 heterocycles. The largest absolute Gasteiger partial charge is 0.303 e. The Morgan fingerprint density at radius 3 is 2.42 bits per heavy atom. The first-order valence-electron chi connectivity index (χ1n) is 3.70. The molecular weight excluding hydrogens is 148 g/mol. The molecule has 0 aliphatic heterocycles. The minimum absolute atomic E-state index is 0.482. The van der Waals surface area contributed by atoms with Crippen LogP contribution >= 0.6 is 0 Å². The monoisotopic (exact) mass is 158 g/mol. The Bertz CT molecular complexity index is 272. The van der Waals surface area contributed by atoms with Crippen molar-refractivity contribution in [3.8, 4) is 36.0 Å². The fraction of sp³-hybridized carbons (Fsp3) is 0.364. The van der Waals surface area contributed by atoms with Gasteiger partial charge in [0.2, 0.25) is 0 Å². The Morgan fingerprint density at radius 1 is 1.08 bits per heavy atom. The Kier molecular flexibility index (Phi) is 8.06. The molecule has 0 fully saturated rings. The summed E-state index contributed by atoms with van der Waals surface area (Å²) in [6, 6.07) is 0. The third-order valence-corrected chi connectivity index (χ3v) is 1.00. The lowest BCUT2D eigenvalue weighted by Gasteiger charge is -1.75. The van der Waals surface area contributed by atoms with Crippen LogP contribution in [0.15, 0.2) is 0 Å². The van der Waals surface area contributed by atoms with E-state index in [0.717, 1.165) is 6.29 Å². The van der Waals surface area contributed by atoms with Gasteiger partial charge in [0.15, 0.2) is 0 Å². The highest BCUT2D eigenvalue weighted by Crippen LogP contribution is 1.80. The maximum absolute atomic E-state index is 9.86. The fourth-order valence-electron chi connectivity index (χ4n) is 0.502. The molecule has 12 heavy (non-hydrogen) atoms. The van der Waals surface area contributed by atoms with Crippen molar-refractivity contribution >= 4 is 6.29 Å². The molecule has 0 saturated heterocycles. The molecule has 0 saturated carbocycles. The highest BCUT2D eigenvalue weighted by molar-refractivity contribution is 5.49. The Labute approximate surface area is 73.5 Å². The van der Waals surface area contributed by atoms with E-state index < -0.39 is 0 Å². The second-order valence-corrected chi connectivity index (χ2v) is 1.97. The van der Waals surface area contributed by atoms with E-state index in [1.54, 1.807) is 0 Å². The van der Waals surface area contributed by atoms with Gasteiger partial charge in [0.1, 0.15) is 6.29 Å². The van der Waals surface area contributed by atoms with E-state index in [0.29, 0.717) is 25.7 Å². The van der Waals surface area contributed by atoms with Crippen molar-refractivity contribution in [1.82, 2.24) is 0 Å². The molecule has 0 rings (SSSR count). The SMILES string of the molecule is C#CCC#CCC#CCCC=O. The zero-order valence-electron chi connectivity index (χ0n) is 6.89. The first-order chi connectivity index (χ1) is 5.91. The molecular formula is C11H10O. The molecule has 0 aromatic carbocycles. The summed E-state index contributed by atoms with van der Waals surface area (Å²) in [5, 5.41) is 0. The van der Waals surface area contributed by atoms with Crippen LogP contribution < -0.4 is 0 Å². The molecule has 0 aromatic heterocycles. The zero-order valence-corrected chi connectivity index (χ0v) is 6.89. The molecule has 0 amide bonds. The summed E-state index contributed by atoms with van der Waals surface area (Å²) in [6.07, 6.45) is 8.00. The van der Waals surface area contributed by atoms with Crippen LogP contribution in [0.5, 0.6) is 0 Å². The first-order valence-corrected chi connectivity index (χ1v) is 3.70. The standard InChI is InChI=1S/C11H10O/c1-2-3-4-5-6-7-8-9-10-11-12/h1,11H,3,6,9-10H2. The van der Waals surface area contributed by atoms with E-state index in [1.165, 1.54) is 0 Å². The van der Waals surface area contributed by atoms with Gasteiger partial charge in [-0.1, -0.05) is 23.7 Å². The van der Waals surface area contributed by atoms with Gasteiger partial charge >= 0.3 is 0 Å². The summed E-state index contributed by atoms with van der Waals surface area (Å²) < 4.78 is 0. The van der Waals surface area contributed by atoms with Crippen LogP contribution in [0.3, 0.4) is 0 Å². The van der Waals surface area contributed by atoms with Crippen molar-refractivity contribution in [3.05, 3.63) is 0 Å². The molecule has 0 aliphatic rings. The third-order valence-electron chi connectivity index (χ3n) is 1.00. The van der Waals surface area contributed by atoms with Crippen LogP contribution in [0.1, 0.15) is 25.7 Å². The molecule has 0 N–H and O–H groups in total. The smallest absolute Gasteiger partial charge is 0.120 e. The average Bonchev–Trinajstić information content (AvgIpc) is 2.10. The van der Waals surface area contributed by atoms with Crippen molar-refractivity contribution in [2.75, 3.05) is 0 Å². The number of terminal acetylenes is 1. The van der Waals surface area contributed by atoms with Gasteiger partial charge in [0, 0.05) is 12.8 Å². The second-order valence-electron chi connectivity index (χ2n) is 1.97. The van der Waals surface area contributed by atoms with Crippen molar-refractivity contribution in [3.63, 3.8) is 0 Å². The van der Waals surface area contributed by atoms with Crippen LogP contribution in [0.2, 0.25) is 0 Å². The zero-order chi connectivity index (χ0) is 9.07. The van der Waals surface area contributed by atoms with Crippen LogP contribution in [-0.4, -0.2) is 6.29 Å². The third kappa shape index (κ3) is 8.35. The van der Waals surface area contributed by atoms with Gasteiger partial charge in [-0.2, -0.15) is 0 Å². The minimum Gasteiger partial charge on any atom is -0.303 e. The highest BCUT2D eigenvalue weighted by Gasteiger charge is 1.74. The molecule has 0 atom stereocenters. The van der Waals surface area contributed by atoms with Crippen LogP contribution in [0.4, 0.5) is 0 Å². The average molecular weight is 158 g/mol. The van der Waals surface area contributed by atoms with Gasteiger partial charge in [-0.3, -0.25) is 0 Å². The topological polar surface area (TPSA) is 17.1 Å². The lowest BCUT2D eigenvalue weighted by molar-refractivity contribution is -0.107. The number of rotatable bonds is 2. The summed E-state index contributed by atoms with van der Waals surface area (Å²) in [5.41, 5.74) is 0. The molecule has 0 spiro atoms. The number of carbonyl (C=O) groups excluding carboxylic acids is 1. The molecule has 0 bridgehead atoms. The Morgan fingerprint density at radius 2 is 1.75 bits per heavy atom. The number of hydrogen-bond donors (Lipinski definition) is 0. The van der Waals surface area contributed by atoms with Crippen LogP contribution in [0.25, 0.3) is 0 Å². The predicted octanol–water partition coefficient (Wildman–Crippen LogP) is 1.39. The summed E-state index contributed by atoms with van der Waals surface area (Å²) in [5.74, 6) is 13.6. The first kappa shape index (κ1) is 10.3. The number of unbranched alkanes of at least 4 members (excludes halogenated alkanes) is 1. The van der Waals surface area contributed by atoms with Crippen LogP contribution in [0, 0.1) is 36.0 Å². The Hall–Kier alpha value is -1.65. The normalized spacial score (nSPS) is 6.58. The van der Waals surface area contributed by atoms with Crippen molar-refractivity contribution in [1.29, 1.82) is 0 Å².